The number of carboxylic acid groups (broad SMARTS) is 1. The minimum atomic E-state index is -4.32. The first-order chi connectivity index (χ1) is 10.4. The lowest BCUT2D eigenvalue weighted by Gasteiger charge is -2.01. The molecule has 0 heterocycles. The van der Waals surface area contributed by atoms with Gasteiger partial charge in [-0.1, -0.05) is 60.7 Å². The van der Waals surface area contributed by atoms with E-state index in [4.69, 9.17) is 14.9 Å². The standard InChI is InChI=1S/C14H14.C2H5O5P/c1-3-7-13(8-4-1)11-12-14-9-5-2-6-10-14;3-2(4)1-8(5,6)7/h1-10H,11-12H2;1H2,(H,3,4)(H2,5,6,7). The number of aryl methyl sites for hydroxylation is 2. The van der Waals surface area contributed by atoms with E-state index in [0.29, 0.717) is 0 Å². The zero-order valence-electron chi connectivity index (χ0n) is 12.0. The average molecular weight is 322 g/mol. The number of aliphatic carboxylic acids is 1. The second-order valence-electron chi connectivity index (χ2n) is 4.69. The van der Waals surface area contributed by atoms with Crippen molar-refractivity contribution in [2.24, 2.45) is 0 Å². The molecule has 0 aliphatic rings. The molecule has 0 spiro atoms. The number of rotatable bonds is 5. The molecule has 0 saturated carbocycles. The highest BCUT2D eigenvalue weighted by Gasteiger charge is 2.17. The zero-order valence-corrected chi connectivity index (χ0v) is 12.9. The van der Waals surface area contributed by atoms with E-state index in [1.54, 1.807) is 0 Å². The highest BCUT2D eigenvalue weighted by Crippen LogP contribution is 2.33. The van der Waals surface area contributed by atoms with Gasteiger partial charge < -0.3 is 14.9 Å². The largest absolute Gasteiger partial charge is 0.481 e. The van der Waals surface area contributed by atoms with Crippen LogP contribution in [0.15, 0.2) is 60.7 Å². The molecule has 2 aromatic rings. The molecule has 0 aliphatic heterocycles. The molecule has 3 N–H and O–H groups in total. The summed E-state index contributed by atoms with van der Waals surface area (Å²) in [7, 11) is -4.32. The number of hydrogen-bond donors (Lipinski definition) is 3. The van der Waals surface area contributed by atoms with Crippen LogP contribution in [0.5, 0.6) is 0 Å². The minimum Gasteiger partial charge on any atom is -0.481 e. The fourth-order valence-electron chi connectivity index (χ4n) is 1.75. The smallest absolute Gasteiger partial charge is 0.336 e. The van der Waals surface area contributed by atoms with Crippen molar-refractivity contribution in [1.82, 2.24) is 0 Å². The van der Waals surface area contributed by atoms with E-state index in [2.05, 4.69) is 60.7 Å². The molecule has 0 unspecified atom stereocenters. The number of hydrogen-bond acceptors (Lipinski definition) is 2. The van der Waals surface area contributed by atoms with Gasteiger partial charge in [-0.2, -0.15) is 0 Å². The molecule has 0 aliphatic carbocycles. The molecule has 6 heteroatoms. The van der Waals surface area contributed by atoms with Crippen molar-refractivity contribution in [3.05, 3.63) is 71.8 Å². The van der Waals surface area contributed by atoms with E-state index < -0.39 is 19.7 Å². The topological polar surface area (TPSA) is 94.8 Å². The predicted molar refractivity (Wildman–Crippen MR) is 84.8 cm³/mol. The molecule has 0 aromatic heterocycles. The molecule has 0 radical (unpaired) electrons. The maximum Gasteiger partial charge on any atom is 0.336 e. The fraction of sp³-hybridized carbons (Fsp3) is 0.188. The first-order valence-electron chi connectivity index (χ1n) is 6.71. The van der Waals surface area contributed by atoms with E-state index in [1.165, 1.54) is 11.1 Å². The van der Waals surface area contributed by atoms with Gasteiger partial charge in [0.2, 0.25) is 0 Å². The maximum atomic E-state index is 9.76. The van der Waals surface area contributed by atoms with Crippen LogP contribution in [-0.4, -0.2) is 27.0 Å². The Morgan fingerprint density at radius 2 is 1.18 bits per heavy atom. The van der Waals surface area contributed by atoms with Crippen molar-refractivity contribution in [2.75, 3.05) is 6.16 Å². The molecular weight excluding hydrogens is 303 g/mol. The molecule has 22 heavy (non-hydrogen) atoms. The van der Waals surface area contributed by atoms with Crippen molar-refractivity contribution in [2.45, 2.75) is 12.8 Å². The summed E-state index contributed by atoms with van der Waals surface area (Å²) in [5.41, 5.74) is 2.83. The summed E-state index contributed by atoms with van der Waals surface area (Å²) in [5, 5.41) is 7.76. The Morgan fingerprint density at radius 1 is 0.818 bits per heavy atom. The van der Waals surface area contributed by atoms with Crippen LogP contribution in [0.2, 0.25) is 0 Å². The van der Waals surface area contributed by atoms with Crippen LogP contribution in [-0.2, 0) is 22.2 Å². The monoisotopic (exact) mass is 322 g/mol. The minimum absolute atomic E-state index is 1.09. The molecule has 5 nitrogen and oxygen atoms in total. The van der Waals surface area contributed by atoms with Gasteiger partial charge in [0.05, 0.1) is 0 Å². The second-order valence-corrected chi connectivity index (χ2v) is 6.33. The van der Waals surface area contributed by atoms with Gasteiger partial charge in [-0.3, -0.25) is 9.36 Å². The third-order valence-corrected chi connectivity index (χ3v) is 3.41. The SMILES string of the molecule is O=C(O)CP(=O)(O)O.c1ccc(CCc2ccccc2)cc1. The molecule has 0 bridgehead atoms. The molecule has 118 valence electrons. The van der Waals surface area contributed by atoms with Gasteiger partial charge in [-0.15, -0.1) is 0 Å². The van der Waals surface area contributed by atoms with Crippen LogP contribution in [0.3, 0.4) is 0 Å². The Morgan fingerprint density at radius 3 is 1.41 bits per heavy atom. The summed E-state index contributed by atoms with van der Waals surface area (Å²) < 4.78 is 9.76. The van der Waals surface area contributed by atoms with Gasteiger partial charge in [-0.05, 0) is 24.0 Å². The zero-order chi connectivity index (χ0) is 16.4. The van der Waals surface area contributed by atoms with Gasteiger partial charge in [0.25, 0.3) is 0 Å². The highest BCUT2D eigenvalue weighted by atomic mass is 31.2. The lowest BCUT2D eigenvalue weighted by Crippen LogP contribution is -2.01. The number of benzene rings is 2. The summed E-state index contributed by atoms with van der Waals surface area (Å²) in [5.74, 6) is -1.49. The van der Waals surface area contributed by atoms with Crippen LogP contribution in [0.4, 0.5) is 0 Å². The Hall–Kier alpha value is -1.94. The van der Waals surface area contributed by atoms with E-state index in [1.807, 2.05) is 0 Å². The molecule has 2 rings (SSSR count). The molecule has 2 aromatic carbocycles. The Balaban J connectivity index is 0.000000261. The summed E-state index contributed by atoms with van der Waals surface area (Å²) in [6.07, 6.45) is 1.17. The lowest BCUT2D eigenvalue weighted by molar-refractivity contribution is -0.134. The van der Waals surface area contributed by atoms with Gasteiger partial charge >= 0.3 is 13.6 Å². The Labute approximate surface area is 129 Å². The van der Waals surface area contributed by atoms with Crippen molar-refractivity contribution in [3.8, 4) is 0 Å². The molecule has 0 fully saturated rings. The quantitative estimate of drug-likeness (QED) is 0.736. The molecule has 0 atom stereocenters. The van der Waals surface area contributed by atoms with Crippen molar-refractivity contribution < 1.29 is 24.3 Å². The van der Waals surface area contributed by atoms with Crippen LogP contribution in [0, 0.1) is 0 Å². The van der Waals surface area contributed by atoms with Crippen LogP contribution >= 0.6 is 7.60 Å². The normalized spacial score (nSPS) is 10.5. The fourth-order valence-corrected chi connectivity index (χ4v) is 2.11. The van der Waals surface area contributed by atoms with E-state index in [-0.39, 0.29) is 0 Å². The Bertz CT molecular complexity index is 567. The van der Waals surface area contributed by atoms with Gasteiger partial charge in [0, 0.05) is 0 Å². The number of carboxylic acids is 1. The van der Waals surface area contributed by atoms with Crippen molar-refractivity contribution in [3.63, 3.8) is 0 Å². The van der Waals surface area contributed by atoms with Crippen LogP contribution in [0.25, 0.3) is 0 Å². The third kappa shape index (κ3) is 9.08. The Kier molecular flexibility index (Phi) is 7.54. The number of carbonyl (C=O) groups is 1. The molecule has 0 amide bonds. The first-order valence-corrected chi connectivity index (χ1v) is 8.51. The summed E-state index contributed by atoms with van der Waals surface area (Å²) in [6.45, 7) is 0. The van der Waals surface area contributed by atoms with Crippen molar-refractivity contribution in [1.29, 1.82) is 0 Å². The molecule has 0 saturated heterocycles. The van der Waals surface area contributed by atoms with Crippen molar-refractivity contribution >= 4 is 13.6 Å². The van der Waals surface area contributed by atoms with Gasteiger partial charge in [0.1, 0.15) is 6.16 Å². The van der Waals surface area contributed by atoms with E-state index in [0.717, 1.165) is 12.8 Å². The summed E-state index contributed by atoms with van der Waals surface area (Å²) in [6, 6.07) is 21.2. The molecular formula is C16H19O5P. The average Bonchev–Trinajstić information content (AvgIpc) is 2.45. The summed E-state index contributed by atoms with van der Waals surface area (Å²) >= 11 is 0. The van der Waals surface area contributed by atoms with E-state index >= 15 is 0 Å². The predicted octanol–water partition coefficient (Wildman–Crippen LogP) is 2.72. The summed E-state index contributed by atoms with van der Waals surface area (Å²) in [4.78, 5) is 25.4. The van der Waals surface area contributed by atoms with Crippen LogP contribution < -0.4 is 0 Å². The highest BCUT2D eigenvalue weighted by molar-refractivity contribution is 7.52. The second kappa shape index (κ2) is 9.15. The first kappa shape index (κ1) is 18.1. The van der Waals surface area contributed by atoms with Gasteiger partial charge in [-0.25, -0.2) is 0 Å². The maximum absolute atomic E-state index is 9.76. The van der Waals surface area contributed by atoms with E-state index in [9.17, 15) is 9.36 Å². The lowest BCUT2D eigenvalue weighted by atomic mass is 10.0. The third-order valence-electron chi connectivity index (χ3n) is 2.73. The van der Waals surface area contributed by atoms with Gasteiger partial charge in [0.15, 0.2) is 0 Å². The van der Waals surface area contributed by atoms with Crippen LogP contribution in [0.1, 0.15) is 11.1 Å².